The highest BCUT2D eigenvalue weighted by molar-refractivity contribution is 5.91. The van der Waals surface area contributed by atoms with Gasteiger partial charge < -0.3 is 10.6 Å². The van der Waals surface area contributed by atoms with Gasteiger partial charge in [-0.3, -0.25) is 4.79 Å². The van der Waals surface area contributed by atoms with Crippen LogP contribution in [0.25, 0.3) is 0 Å². The Kier molecular flexibility index (Phi) is 6.36. The second kappa shape index (κ2) is 8.77. The number of rotatable bonds is 8. The molecule has 2 aromatic rings. The zero-order valence-corrected chi connectivity index (χ0v) is 12.9. The van der Waals surface area contributed by atoms with Crippen LogP contribution < -0.4 is 10.6 Å². The molecular formula is C17H22N4O. The first-order valence-electron chi connectivity index (χ1n) is 7.67. The standard InChI is InChI=1S/C17H22N4O/c1-2-10-19-17(22)15-12-21-16(13-20-15)18-11-6-9-14-7-4-3-5-8-14/h3-5,7-8,12-13H,2,6,9-11H2,1H3,(H,18,21)(H,19,22). The molecule has 1 aromatic heterocycles. The molecule has 0 spiro atoms. The van der Waals surface area contributed by atoms with Gasteiger partial charge in [0.25, 0.3) is 5.91 Å². The number of benzene rings is 1. The van der Waals surface area contributed by atoms with Gasteiger partial charge in [-0.15, -0.1) is 0 Å². The van der Waals surface area contributed by atoms with E-state index in [4.69, 9.17) is 0 Å². The van der Waals surface area contributed by atoms with Crippen molar-refractivity contribution in [3.63, 3.8) is 0 Å². The summed E-state index contributed by atoms with van der Waals surface area (Å²) in [6.45, 7) is 3.49. The molecule has 22 heavy (non-hydrogen) atoms. The number of aryl methyl sites for hydroxylation is 1. The molecule has 0 aliphatic rings. The van der Waals surface area contributed by atoms with E-state index in [-0.39, 0.29) is 5.91 Å². The zero-order valence-electron chi connectivity index (χ0n) is 12.9. The molecule has 0 atom stereocenters. The first-order chi connectivity index (χ1) is 10.8. The van der Waals surface area contributed by atoms with Crippen LogP contribution in [0.15, 0.2) is 42.7 Å². The normalized spacial score (nSPS) is 10.2. The lowest BCUT2D eigenvalue weighted by Gasteiger charge is -2.06. The van der Waals surface area contributed by atoms with Crippen molar-refractivity contribution in [1.82, 2.24) is 15.3 Å². The Hall–Kier alpha value is -2.43. The SMILES string of the molecule is CCCNC(=O)c1cnc(NCCCc2ccccc2)cn1. The van der Waals surface area contributed by atoms with Crippen LogP contribution in [0, 0.1) is 0 Å². The molecule has 0 bridgehead atoms. The molecule has 0 radical (unpaired) electrons. The molecule has 2 rings (SSSR count). The van der Waals surface area contributed by atoms with E-state index in [9.17, 15) is 4.79 Å². The molecule has 0 aliphatic heterocycles. The van der Waals surface area contributed by atoms with Crippen LogP contribution in [0.2, 0.25) is 0 Å². The van der Waals surface area contributed by atoms with Gasteiger partial charge in [-0.2, -0.15) is 0 Å². The third kappa shape index (κ3) is 5.16. The third-order valence-corrected chi connectivity index (χ3v) is 3.21. The van der Waals surface area contributed by atoms with Crippen molar-refractivity contribution in [2.45, 2.75) is 26.2 Å². The van der Waals surface area contributed by atoms with Crippen LogP contribution in [-0.2, 0) is 6.42 Å². The Morgan fingerprint density at radius 1 is 1.09 bits per heavy atom. The molecule has 2 N–H and O–H groups in total. The molecule has 1 amide bonds. The van der Waals surface area contributed by atoms with E-state index in [1.54, 1.807) is 6.20 Å². The van der Waals surface area contributed by atoms with Gasteiger partial charge in [-0.05, 0) is 24.8 Å². The number of carbonyl (C=O) groups excluding carboxylic acids is 1. The second-order valence-corrected chi connectivity index (χ2v) is 5.06. The first kappa shape index (κ1) is 15.9. The molecule has 0 fully saturated rings. The Balaban J connectivity index is 1.73. The fourth-order valence-corrected chi connectivity index (χ4v) is 2.02. The number of amides is 1. The minimum Gasteiger partial charge on any atom is -0.369 e. The van der Waals surface area contributed by atoms with Crippen molar-refractivity contribution >= 4 is 11.7 Å². The van der Waals surface area contributed by atoms with Crippen molar-refractivity contribution in [2.24, 2.45) is 0 Å². The summed E-state index contributed by atoms with van der Waals surface area (Å²) in [6, 6.07) is 10.4. The molecule has 5 heteroatoms. The van der Waals surface area contributed by atoms with E-state index in [0.29, 0.717) is 18.1 Å². The fourth-order valence-electron chi connectivity index (χ4n) is 2.02. The van der Waals surface area contributed by atoms with Gasteiger partial charge in [0.2, 0.25) is 0 Å². The van der Waals surface area contributed by atoms with Crippen molar-refractivity contribution in [1.29, 1.82) is 0 Å². The summed E-state index contributed by atoms with van der Waals surface area (Å²) < 4.78 is 0. The Morgan fingerprint density at radius 3 is 2.59 bits per heavy atom. The van der Waals surface area contributed by atoms with Crippen molar-refractivity contribution in [3.05, 3.63) is 54.0 Å². The van der Waals surface area contributed by atoms with Crippen molar-refractivity contribution in [3.8, 4) is 0 Å². The molecule has 0 unspecified atom stereocenters. The summed E-state index contributed by atoms with van der Waals surface area (Å²) in [5.74, 6) is 0.519. The summed E-state index contributed by atoms with van der Waals surface area (Å²) in [4.78, 5) is 20.0. The second-order valence-electron chi connectivity index (χ2n) is 5.06. The molecule has 0 saturated carbocycles. The van der Waals surface area contributed by atoms with Crippen LogP contribution in [0.5, 0.6) is 0 Å². The molecule has 0 aliphatic carbocycles. The fraction of sp³-hybridized carbons (Fsp3) is 0.353. The average molecular weight is 298 g/mol. The number of hydrogen-bond donors (Lipinski definition) is 2. The Morgan fingerprint density at radius 2 is 1.91 bits per heavy atom. The van der Waals surface area contributed by atoms with Crippen LogP contribution in [-0.4, -0.2) is 29.0 Å². The van der Waals surface area contributed by atoms with E-state index < -0.39 is 0 Å². The lowest BCUT2D eigenvalue weighted by molar-refractivity contribution is 0.0948. The quantitative estimate of drug-likeness (QED) is 0.735. The number of aromatic nitrogens is 2. The minimum atomic E-state index is -0.176. The van der Waals surface area contributed by atoms with Gasteiger partial charge in [0.15, 0.2) is 0 Å². The van der Waals surface area contributed by atoms with Gasteiger partial charge in [0.05, 0.1) is 12.4 Å². The summed E-state index contributed by atoms with van der Waals surface area (Å²) in [6.07, 6.45) is 6.05. The van der Waals surface area contributed by atoms with Gasteiger partial charge in [0.1, 0.15) is 11.5 Å². The minimum absolute atomic E-state index is 0.176. The van der Waals surface area contributed by atoms with E-state index in [0.717, 1.165) is 25.8 Å². The van der Waals surface area contributed by atoms with Gasteiger partial charge in [-0.25, -0.2) is 9.97 Å². The van der Waals surface area contributed by atoms with Gasteiger partial charge in [0, 0.05) is 13.1 Å². The number of carbonyl (C=O) groups is 1. The lowest BCUT2D eigenvalue weighted by Crippen LogP contribution is -2.25. The molecule has 116 valence electrons. The van der Waals surface area contributed by atoms with Crippen LogP contribution >= 0.6 is 0 Å². The first-order valence-corrected chi connectivity index (χ1v) is 7.67. The van der Waals surface area contributed by atoms with Crippen LogP contribution in [0.3, 0.4) is 0 Å². The largest absolute Gasteiger partial charge is 0.369 e. The van der Waals surface area contributed by atoms with Crippen molar-refractivity contribution < 1.29 is 4.79 Å². The maximum absolute atomic E-state index is 11.7. The third-order valence-electron chi connectivity index (χ3n) is 3.21. The van der Waals surface area contributed by atoms with Crippen LogP contribution in [0.1, 0.15) is 35.8 Å². The van der Waals surface area contributed by atoms with E-state index in [2.05, 4.69) is 44.9 Å². The van der Waals surface area contributed by atoms with Crippen LogP contribution in [0.4, 0.5) is 5.82 Å². The molecular weight excluding hydrogens is 276 g/mol. The van der Waals surface area contributed by atoms with E-state index in [1.807, 2.05) is 13.0 Å². The number of nitrogens with zero attached hydrogens (tertiary/aromatic N) is 2. The maximum Gasteiger partial charge on any atom is 0.271 e. The summed E-state index contributed by atoms with van der Waals surface area (Å²) in [5, 5.41) is 6.00. The number of anilines is 1. The Labute approximate surface area is 131 Å². The van der Waals surface area contributed by atoms with Gasteiger partial charge >= 0.3 is 0 Å². The predicted molar refractivity (Wildman–Crippen MR) is 87.9 cm³/mol. The van der Waals surface area contributed by atoms with E-state index >= 15 is 0 Å². The highest BCUT2D eigenvalue weighted by Gasteiger charge is 2.06. The highest BCUT2D eigenvalue weighted by atomic mass is 16.1. The smallest absolute Gasteiger partial charge is 0.271 e. The molecule has 1 aromatic carbocycles. The monoisotopic (exact) mass is 298 g/mol. The highest BCUT2D eigenvalue weighted by Crippen LogP contribution is 2.04. The Bertz CT molecular complexity index is 569. The topological polar surface area (TPSA) is 66.9 Å². The maximum atomic E-state index is 11.7. The van der Waals surface area contributed by atoms with Crippen molar-refractivity contribution in [2.75, 3.05) is 18.4 Å². The van der Waals surface area contributed by atoms with Gasteiger partial charge in [-0.1, -0.05) is 37.3 Å². The molecule has 5 nitrogen and oxygen atoms in total. The number of nitrogens with one attached hydrogen (secondary N) is 2. The van der Waals surface area contributed by atoms with E-state index in [1.165, 1.54) is 11.8 Å². The molecule has 1 heterocycles. The molecule has 0 saturated heterocycles. The average Bonchev–Trinajstić information content (AvgIpc) is 2.58. The summed E-state index contributed by atoms with van der Waals surface area (Å²) in [7, 11) is 0. The summed E-state index contributed by atoms with van der Waals surface area (Å²) in [5.41, 5.74) is 1.68. The predicted octanol–water partition coefficient (Wildman–Crippen LogP) is 2.66. The lowest BCUT2D eigenvalue weighted by atomic mass is 10.1. The summed E-state index contributed by atoms with van der Waals surface area (Å²) >= 11 is 0. The zero-order chi connectivity index (χ0) is 15.6. The number of hydrogen-bond acceptors (Lipinski definition) is 4.